The van der Waals surface area contributed by atoms with Gasteiger partial charge in [0.1, 0.15) is 0 Å². The summed E-state index contributed by atoms with van der Waals surface area (Å²) >= 11 is 0. The lowest BCUT2D eigenvalue weighted by Gasteiger charge is -2.35. The molecule has 0 saturated carbocycles. The van der Waals surface area contributed by atoms with Gasteiger partial charge in [0.2, 0.25) is 0 Å². The summed E-state index contributed by atoms with van der Waals surface area (Å²) in [5, 5.41) is 2.22. The Morgan fingerprint density at radius 1 is 0.812 bits per heavy atom. The van der Waals surface area contributed by atoms with E-state index in [0.29, 0.717) is 0 Å². The highest BCUT2D eigenvalue weighted by molar-refractivity contribution is 5.99. The molecule has 0 unspecified atom stereocenters. The van der Waals surface area contributed by atoms with Gasteiger partial charge in [-0.25, -0.2) is 4.98 Å². The van der Waals surface area contributed by atoms with E-state index in [2.05, 4.69) is 108 Å². The molecule has 162 valence electrons. The summed E-state index contributed by atoms with van der Waals surface area (Å²) in [6, 6.07) is 19.4. The maximum Gasteiger partial charge on any atom is 0.182 e. The zero-order valence-electron chi connectivity index (χ0n) is 20.0. The fourth-order valence-corrected chi connectivity index (χ4v) is 4.72. The van der Waals surface area contributed by atoms with Gasteiger partial charge in [-0.2, -0.15) is 0 Å². The van der Waals surface area contributed by atoms with Crippen LogP contribution in [0.5, 0.6) is 11.5 Å². The van der Waals surface area contributed by atoms with E-state index in [0.717, 1.165) is 39.5 Å². The number of anilines is 3. The number of hydrogen-bond acceptors (Lipinski definition) is 3. The van der Waals surface area contributed by atoms with Crippen LogP contribution in [0, 0.1) is 27.7 Å². The van der Waals surface area contributed by atoms with Crippen molar-refractivity contribution in [2.75, 3.05) is 4.90 Å². The number of benzene rings is 3. The van der Waals surface area contributed by atoms with Crippen molar-refractivity contribution in [1.82, 2.24) is 4.98 Å². The average molecular weight is 423 g/mol. The van der Waals surface area contributed by atoms with Crippen molar-refractivity contribution in [1.29, 1.82) is 0 Å². The van der Waals surface area contributed by atoms with Crippen LogP contribution in [-0.4, -0.2) is 4.98 Å². The van der Waals surface area contributed by atoms with Gasteiger partial charge in [0.05, 0.1) is 11.4 Å². The maximum atomic E-state index is 6.53. The van der Waals surface area contributed by atoms with Gasteiger partial charge in [-0.3, -0.25) is 4.90 Å². The van der Waals surface area contributed by atoms with E-state index in [9.17, 15) is 0 Å². The van der Waals surface area contributed by atoms with Gasteiger partial charge >= 0.3 is 0 Å². The molecule has 1 aliphatic rings. The highest BCUT2D eigenvalue weighted by Crippen LogP contribution is 2.53. The molecule has 1 aromatic heterocycles. The first-order chi connectivity index (χ1) is 15.1. The monoisotopic (exact) mass is 422 g/mol. The van der Waals surface area contributed by atoms with E-state index in [4.69, 9.17) is 9.72 Å². The van der Waals surface area contributed by atoms with Crippen LogP contribution < -0.4 is 9.64 Å². The summed E-state index contributed by atoms with van der Waals surface area (Å²) in [5.74, 6) is 2.54. The molecule has 0 aliphatic carbocycles. The molecule has 0 spiro atoms. The summed E-state index contributed by atoms with van der Waals surface area (Å²) in [6.07, 6.45) is 0. The summed E-state index contributed by atoms with van der Waals surface area (Å²) in [7, 11) is 0. The normalized spacial score (nSPS) is 13.0. The van der Waals surface area contributed by atoms with Gasteiger partial charge in [-0.1, -0.05) is 63.2 Å². The Morgan fingerprint density at radius 3 is 2.12 bits per heavy atom. The molecular formula is C29H30N2O. The van der Waals surface area contributed by atoms with Gasteiger partial charge in [0.15, 0.2) is 17.3 Å². The quantitative estimate of drug-likeness (QED) is 0.271. The molecule has 3 nitrogen and oxygen atoms in total. The lowest BCUT2D eigenvalue weighted by atomic mass is 9.84. The molecule has 2 heterocycles. The van der Waals surface area contributed by atoms with Gasteiger partial charge < -0.3 is 4.74 Å². The van der Waals surface area contributed by atoms with E-state index < -0.39 is 0 Å². The molecule has 5 rings (SSSR count). The van der Waals surface area contributed by atoms with Crippen LogP contribution >= 0.6 is 0 Å². The molecule has 1 aliphatic heterocycles. The third kappa shape index (κ3) is 3.15. The van der Waals surface area contributed by atoms with Crippen LogP contribution in [0.4, 0.5) is 17.2 Å². The topological polar surface area (TPSA) is 25.4 Å². The number of hydrogen-bond donors (Lipinski definition) is 0. The fraction of sp³-hybridized carbons (Fsp3) is 0.276. The van der Waals surface area contributed by atoms with Crippen molar-refractivity contribution >= 4 is 28.0 Å². The second-order valence-corrected chi connectivity index (χ2v) is 10.0. The highest BCUT2D eigenvalue weighted by atomic mass is 16.5. The predicted molar refractivity (Wildman–Crippen MR) is 134 cm³/mol. The summed E-state index contributed by atoms with van der Waals surface area (Å²) in [4.78, 5) is 7.37. The minimum atomic E-state index is 0.0943. The summed E-state index contributed by atoms with van der Waals surface area (Å²) in [5.41, 5.74) is 8.30. The first kappa shape index (κ1) is 20.6. The number of ether oxygens (including phenoxy) is 1. The standard InChI is InChI=1S/C29H30N2O/c1-17-12-13-24-25(14-17)32-27-23-11-9-8-10-22(23)20(4)30-28(27)31(24)26-18(2)15-21(16-19(26)3)29(5,6)7/h8-16H,1-7H3. The van der Waals surface area contributed by atoms with E-state index in [-0.39, 0.29) is 5.41 Å². The summed E-state index contributed by atoms with van der Waals surface area (Å²) < 4.78 is 6.53. The largest absolute Gasteiger partial charge is 0.451 e. The van der Waals surface area contributed by atoms with E-state index >= 15 is 0 Å². The van der Waals surface area contributed by atoms with Crippen molar-refractivity contribution in [3.05, 3.63) is 82.5 Å². The Morgan fingerprint density at radius 2 is 1.47 bits per heavy atom. The second-order valence-electron chi connectivity index (χ2n) is 10.0. The SMILES string of the molecule is Cc1ccc2c(c1)Oc1c(nc(C)c3ccccc13)N2c1c(C)cc(C(C)(C)C)cc1C. The third-order valence-corrected chi connectivity index (χ3v) is 6.40. The van der Waals surface area contributed by atoms with Crippen LogP contribution in [0.1, 0.15) is 48.7 Å². The average Bonchev–Trinajstić information content (AvgIpc) is 2.73. The highest BCUT2D eigenvalue weighted by Gasteiger charge is 2.31. The minimum Gasteiger partial charge on any atom is -0.451 e. The zero-order valence-corrected chi connectivity index (χ0v) is 20.0. The molecule has 32 heavy (non-hydrogen) atoms. The van der Waals surface area contributed by atoms with Crippen LogP contribution in [0.2, 0.25) is 0 Å². The molecule has 0 radical (unpaired) electrons. The van der Waals surface area contributed by atoms with Gasteiger partial charge in [-0.15, -0.1) is 0 Å². The summed E-state index contributed by atoms with van der Waals surface area (Å²) in [6.45, 7) is 15.4. The van der Waals surface area contributed by atoms with E-state index in [1.165, 1.54) is 27.9 Å². The van der Waals surface area contributed by atoms with Gasteiger partial charge in [-0.05, 0) is 67.5 Å². The Labute approximate surface area is 190 Å². The molecule has 0 bridgehead atoms. The van der Waals surface area contributed by atoms with Gasteiger partial charge in [0.25, 0.3) is 0 Å². The number of aromatic nitrogens is 1. The van der Waals surface area contributed by atoms with Crippen molar-refractivity contribution in [3.8, 4) is 11.5 Å². The number of aryl methyl sites for hydroxylation is 4. The molecule has 0 saturated heterocycles. The van der Waals surface area contributed by atoms with Crippen molar-refractivity contribution in [3.63, 3.8) is 0 Å². The fourth-order valence-electron chi connectivity index (χ4n) is 4.72. The lowest BCUT2D eigenvalue weighted by Crippen LogP contribution is -2.21. The van der Waals surface area contributed by atoms with Crippen LogP contribution in [0.3, 0.4) is 0 Å². The minimum absolute atomic E-state index is 0.0943. The maximum absolute atomic E-state index is 6.53. The van der Waals surface area contributed by atoms with E-state index in [1.54, 1.807) is 0 Å². The molecule has 0 N–H and O–H groups in total. The molecule has 0 atom stereocenters. The Balaban J connectivity index is 1.84. The molecule has 0 fully saturated rings. The molecule has 0 amide bonds. The number of nitrogens with zero attached hydrogens (tertiary/aromatic N) is 2. The number of pyridine rings is 1. The third-order valence-electron chi connectivity index (χ3n) is 6.40. The van der Waals surface area contributed by atoms with Crippen LogP contribution in [0.15, 0.2) is 54.6 Å². The van der Waals surface area contributed by atoms with Crippen molar-refractivity contribution in [2.24, 2.45) is 0 Å². The molecular weight excluding hydrogens is 392 g/mol. The first-order valence-corrected chi connectivity index (χ1v) is 11.2. The molecule has 4 aromatic rings. The Hall–Kier alpha value is -3.33. The van der Waals surface area contributed by atoms with Crippen LogP contribution in [-0.2, 0) is 5.41 Å². The first-order valence-electron chi connectivity index (χ1n) is 11.2. The smallest absolute Gasteiger partial charge is 0.182 e. The van der Waals surface area contributed by atoms with Crippen LogP contribution in [0.25, 0.3) is 10.8 Å². The predicted octanol–water partition coefficient (Wildman–Crippen LogP) is 8.34. The Bertz CT molecular complexity index is 1360. The van der Waals surface area contributed by atoms with Crippen molar-refractivity contribution < 1.29 is 4.74 Å². The molecule has 3 aromatic carbocycles. The Kier molecular flexibility index (Phi) is 4.56. The van der Waals surface area contributed by atoms with Crippen molar-refractivity contribution in [2.45, 2.75) is 53.9 Å². The zero-order chi connectivity index (χ0) is 22.8. The lowest BCUT2D eigenvalue weighted by molar-refractivity contribution is 0.479. The number of rotatable bonds is 1. The molecule has 3 heteroatoms. The number of fused-ring (bicyclic) bond motifs is 4. The van der Waals surface area contributed by atoms with Gasteiger partial charge in [0, 0.05) is 16.5 Å². The second kappa shape index (κ2) is 7.09. The van der Waals surface area contributed by atoms with E-state index in [1.807, 2.05) is 0 Å².